The number of nitrogens with one attached hydrogen (secondary N) is 5. The number of phenolic OH excluding ortho intramolecular Hbond substituents is 1. The number of rotatable bonds is 18. The van der Waals surface area contributed by atoms with E-state index in [-0.39, 0.29) is 38.0 Å². The van der Waals surface area contributed by atoms with Gasteiger partial charge in [-0.15, -0.1) is 0 Å². The second-order valence-electron chi connectivity index (χ2n) is 14.9. The van der Waals surface area contributed by atoms with E-state index in [0.29, 0.717) is 11.1 Å². The van der Waals surface area contributed by atoms with Crippen LogP contribution >= 0.6 is 0 Å². The van der Waals surface area contributed by atoms with Crippen molar-refractivity contribution < 1.29 is 48.4 Å². The molecule has 0 spiro atoms. The van der Waals surface area contributed by atoms with Crippen LogP contribution in [0.3, 0.4) is 0 Å². The fourth-order valence-electron chi connectivity index (χ4n) is 6.86. The van der Waals surface area contributed by atoms with Crippen molar-refractivity contribution in [3.8, 4) is 5.75 Å². The number of aliphatic hydroxyl groups excluding tert-OH is 1. The van der Waals surface area contributed by atoms with E-state index in [2.05, 4.69) is 26.3 Å². The molecule has 0 bridgehead atoms. The number of carboxylic acid groups (broad SMARTS) is 1. The molecule has 62 heavy (non-hydrogen) atoms. The number of aromatic nitrogens is 2. The molecule has 4 aromatic rings. The molecule has 3 aromatic carbocycles. The van der Waals surface area contributed by atoms with Gasteiger partial charge in [-0.2, -0.15) is 0 Å². The van der Waals surface area contributed by atoms with E-state index in [1.54, 1.807) is 24.3 Å². The van der Waals surface area contributed by atoms with E-state index in [9.17, 15) is 53.3 Å². The highest BCUT2D eigenvalue weighted by molar-refractivity contribution is 5.93. The van der Waals surface area contributed by atoms with Gasteiger partial charge < -0.3 is 52.0 Å². The summed E-state index contributed by atoms with van der Waals surface area (Å²) in [6.45, 7) is 1.24. The Morgan fingerprint density at radius 2 is 1.47 bits per heavy atom. The van der Waals surface area contributed by atoms with Gasteiger partial charge in [-0.1, -0.05) is 54.6 Å². The number of phenols is 1. The molecule has 1 aromatic heterocycles. The Labute approximate surface area is 354 Å². The molecule has 19 nitrogen and oxygen atoms in total. The summed E-state index contributed by atoms with van der Waals surface area (Å²) in [5.74, 6) is -4.35. The van der Waals surface area contributed by atoms with E-state index in [1.165, 1.54) is 55.3 Å². The number of aliphatic carboxylic acids is 1. The Hall–Kier alpha value is -6.90. The van der Waals surface area contributed by atoms with Crippen molar-refractivity contribution in [3.05, 3.63) is 134 Å². The van der Waals surface area contributed by atoms with Crippen LogP contribution < -0.4 is 38.2 Å². The number of aliphatic hydroxyl groups is 1. The van der Waals surface area contributed by atoms with Crippen LogP contribution in [-0.2, 0) is 43.2 Å². The Bertz CT molecular complexity index is 2310. The number of hydrogen-bond acceptors (Lipinski definition) is 11. The van der Waals surface area contributed by atoms with Gasteiger partial charge in [-0.05, 0) is 54.3 Å². The van der Waals surface area contributed by atoms with Crippen LogP contribution in [0.15, 0.2) is 101 Å². The third-order valence-corrected chi connectivity index (χ3v) is 10.4. The lowest BCUT2D eigenvalue weighted by Gasteiger charge is -2.34. The molecule has 0 saturated carbocycles. The number of nitrogens with zero attached hydrogens (tertiary/aromatic N) is 2. The molecular formula is C42H49FN8O11. The molecule has 5 amide bonds. The van der Waals surface area contributed by atoms with Gasteiger partial charge in [0.15, 0.2) is 6.23 Å². The zero-order chi connectivity index (χ0) is 45.1. The number of hydrogen-bond donors (Lipinski definition) is 9. The highest BCUT2D eigenvalue weighted by Crippen LogP contribution is 2.27. The lowest BCUT2D eigenvalue weighted by Crippen LogP contribution is -2.63. The Morgan fingerprint density at radius 3 is 2.10 bits per heavy atom. The first-order chi connectivity index (χ1) is 29.5. The molecule has 1 aliphatic heterocycles. The first-order valence-electron chi connectivity index (χ1n) is 19.6. The highest BCUT2D eigenvalue weighted by atomic mass is 19.1. The maximum atomic E-state index is 14.2. The Kier molecular flexibility index (Phi) is 15.7. The zero-order valence-corrected chi connectivity index (χ0v) is 33.8. The summed E-state index contributed by atoms with van der Waals surface area (Å²) in [5.41, 5.74) is 6.47. The van der Waals surface area contributed by atoms with Crippen molar-refractivity contribution in [1.29, 1.82) is 0 Å². The second-order valence-corrected chi connectivity index (χ2v) is 14.9. The number of urea groups is 1. The molecular weight excluding hydrogens is 812 g/mol. The van der Waals surface area contributed by atoms with Crippen LogP contribution in [0.4, 0.5) is 9.18 Å². The smallest absolute Gasteiger partial charge is 0.330 e. The number of carbonyl (C=O) groups is 5. The monoisotopic (exact) mass is 860 g/mol. The van der Waals surface area contributed by atoms with Crippen LogP contribution in [0.25, 0.3) is 0 Å². The predicted molar refractivity (Wildman–Crippen MR) is 220 cm³/mol. The average Bonchev–Trinajstić information content (AvgIpc) is 3.61. The van der Waals surface area contributed by atoms with Gasteiger partial charge in [0, 0.05) is 45.1 Å². The number of carbonyl (C=O) groups excluding carboxylic acids is 4. The van der Waals surface area contributed by atoms with Gasteiger partial charge >= 0.3 is 17.7 Å². The normalized spacial score (nSPS) is 18.3. The average molecular weight is 861 g/mol. The minimum absolute atomic E-state index is 0.0430. The fourth-order valence-corrected chi connectivity index (χ4v) is 6.86. The summed E-state index contributed by atoms with van der Waals surface area (Å²) in [5, 5.41) is 40.3. The van der Waals surface area contributed by atoms with Gasteiger partial charge in [0.05, 0.1) is 18.2 Å². The number of likely N-dealkylation sites (N-methyl/N-ethyl adjacent to an activating group) is 1. The molecule has 0 aliphatic carbocycles. The van der Waals surface area contributed by atoms with E-state index in [1.807, 2.05) is 6.07 Å². The summed E-state index contributed by atoms with van der Waals surface area (Å²) in [6, 6.07) is 13.0. The predicted octanol–water partition coefficient (Wildman–Crippen LogP) is -0.346. The minimum atomic E-state index is -1.54. The number of amides is 5. The molecule has 8 atom stereocenters. The number of benzene rings is 3. The van der Waals surface area contributed by atoms with Crippen LogP contribution in [0.5, 0.6) is 5.75 Å². The third kappa shape index (κ3) is 12.6. The molecule has 5 rings (SSSR count). The van der Waals surface area contributed by atoms with Crippen LogP contribution in [0, 0.1) is 5.82 Å². The second kappa shape index (κ2) is 21.1. The van der Waals surface area contributed by atoms with E-state index in [4.69, 9.17) is 10.5 Å². The zero-order valence-electron chi connectivity index (χ0n) is 33.8. The first kappa shape index (κ1) is 46.2. The topological polar surface area (TPSA) is 288 Å². The summed E-state index contributed by atoms with van der Waals surface area (Å²) in [7, 11) is 1.40. The first-order valence-corrected chi connectivity index (χ1v) is 19.6. The third-order valence-electron chi connectivity index (χ3n) is 10.4. The van der Waals surface area contributed by atoms with Crippen molar-refractivity contribution in [2.45, 2.75) is 81.3 Å². The molecule has 330 valence electrons. The summed E-state index contributed by atoms with van der Waals surface area (Å²) in [6.07, 6.45) is -2.44. The molecule has 2 heterocycles. The summed E-state index contributed by atoms with van der Waals surface area (Å²) < 4.78 is 20.7. The minimum Gasteiger partial charge on any atom is -0.508 e. The summed E-state index contributed by atoms with van der Waals surface area (Å²) >= 11 is 0. The van der Waals surface area contributed by atoms with Gasteiger partial charge in [-0.3, -0.25) is 28.7 Å². The molecule has 1 fully saturated rings. The Balaban J connectivity index is 1.37. The lowest BCUT2D eigenvalue weighted by atomic mass is 10.0. The highest BCUT2D eigenvalue weighted by Gasteiger charge is 2.39. The van der Waals surface area contributed by atoms with Crippen LogP contribution in [0.2, 0.25) is 0 Å². The molecule has 1 saturated heterocycles. The number of H-pyrrole nitrogens is 1. The Morgan fingerprint density at radius 1 is 0.871 bits per heavy atom. The van der Waals surface area contributed by atoms with Gasteiger partial charge in [0.2, 0.25) is 17.7 Å². The van der Waals surface area contributed by atoms with Crippen LogP contribution in [-0.4, -0.2) is 116 Å². The number of nitrogens with two attached hydrogens (primary N) is 1. The molecule has 0 radical (unpaired) electrons. The van der Waals surface area contributed by atoms with Crippen molar-refractivity contribution in [1.82, 2.24) is 35.7 Å². The largest absolute Gasteiger partial charge is 0.508 e. The molecule has 1 unspecified atom stereocenters. The number of ether oxygens (including phenoxy) is 1. The number of aromatic hydroxyl groups is 1. The van der Waals surface area contributed by atoms with Gasteiger partial charge in [-0.25, -0.2) is 18.8 Å². The SMILES string of the molecule is C[C@@H](C(NC(=O)[C@H](Cc1ccc(F)cc1)NC(=O)N[C@@H](Cc1ccc(O)cc1)C(=O)O)C(=O)NC[C@H]1C[C@@H](O)[C@H](n2ccc(=O)[nH]c2=O)O1)N(C)C(=O)[C@@H](N)Cc1ccccc1. The van der Waals surface area contributed by atoms with Gasteiger partial charge in [0.1, 0.15) is 35.8 Å². The molecule has 1 aliphatic rings. The molecule has 10 N–H and O–H groups in total. The van der Waals surface area contributed by atoms with Crippen molar-refractivity contribution >= 4 is 29.7 Å². The van der Waals surface area contributed by atoms with E-state index in [0.717, 1.165) is 34.5 Å². The number of halogens is 1. The maximum Gasteiger partial charge on any atom is 0.330 e. The quantitative estimate of drug-likeness (QED) is 0.0621. The molecule has 20 heteroatoms. The summed E-state index contributed by atoms with van der Waals surface area (Å²) in [4.78, 5) is 94.8. The van der Waals surface area contributed by atoms with Crippen LogP contribution in [0.1, 0.15) is 36.3 Å². The van der Waals surface area contributed by atoms with Crippen molar-refractivity contribution in [2.24, 2.45) is 5.73 Å². The maximum absolute atomic E-state index is 14.2. The number of carboxylic acids is 1. The van der Waals surface area contributed by atoms with E-state index < -0.39 is 95.4 Å². The standard InChI is InChI=1S/C42H49FN8O11/c1-23(50(2)38(57)30(44)18-24-6-4-3-5-7-24)35(37(56)45-22-29-21-33(53)39(62-29)51-17-16-34(54)48-42(51)61)49-36(55)31(19-25-8-12-27(43)13-9-25)46-41(60)47-32(40(58)59)20-26-10-14-28(52)15-11-26/h3-17,23,29-33,35,39,52-53H,18-22,44H2,1-2H3,(H,45,56)(H,49,55)(H,58,59)(H2,46,47,60)(H,48,54,61)/t23-,29+,30-,31-,32-,33+,35?,39+/m0/s1. The lowest BCUT2D eigenvalue weighted by molar-refractivity contribution is -0.139. The van der Waals surface area contributed by atoms with Crippen molar-refractivity contribution in [2.75, 3.05) is 13.6 Å². The van der Waals surface area contributed by atoms with Gasteiger partial charge in [0.25, 0.3) is 5.56 Å². The van der Waals surface area contributed by atoms with Crippen molar-refractivity contribution in [3.63, 3.8) is 0 Å². The fraction of sp³-hybridized carbons (Fsp3) is 0.357. The van der Waals surface area contributed by atoms with E-state index >= 15 is 0 Å². The number of aromatic amines is 1.